The van der Waals surface area contributed by atoms with E-state index in [1.165, 1.54) is 6.26 Å². The normalized spacial score (nSPS) is 9.29. The Morgan fingerprint density at radius 2 is 2.36 bits per heavy atom. The Morgan fingerprint density at radius 3 is 2.86 bits per heavy atom. The van der Waals surface area contributed by atoms with Gasteiger partial charge in [-0.05, 0) is 22.0 Å². The smallest absolute Gasteiger partial charge is 0.165 e. The van der Waals surface area contributed by atoms with Crippen molar-refractivity contribution in [1.29, 1.82) is 0 Å². The summed E-state index contributed by atoms with van der Waals surface area (Å²) < 4.78 is 5.63. The molecule has 0 aliphatic rings. The molecule has 0 atom stereocenters. The molecular formula is C9H11BrNO2Y-. The van der Waals surface area contributed by atoms with Gasteiger partial charge in [0.15, 0.2) is 5.76 Å². The minimum Gasteiger partial charge on any atom is -0.646 e. The average molecular weight is 334 g/mol. The van der Waals surface area contributed by atoms with Crippen molar-refractivity contribution in [3.05, 3.63) is 27.9 Å². The van der Waals surface area contributed by atoms with E-state index in [1.807, 2.05) is 0 Å². The van der Waals surface area contributed by atoms with Crippen molar-refractivity contribution in [2.45, 2.75) is 19.8 Å². The van der Waals surface area contributed by atoms with E-state index in [9.17, 15) is 4.79 Å². The Morgan fingerprint density at radius 1 is 1.64 bits per heavy atom. The van der Waals surface area contributed by atoms with Crippen LogP contribution >= 0.6 is 15.9 Å². The second kappa shape index (κ2) is 7.60. The molecule has 1 aromatic heterocycles. The number of amides is 1. The van der Waals surface area contributed by atoms with Gasteiger partial charge in [0.2, 0.25) is 0 Å². The Hall–Kier alpha value is 0.334. The molecule has 14 heavy (non-hydrogen) atoms. The number of nitrogens with zero attached hydrogens (tertiary/aromatic N) is 1. The maximum absolute atomic E-state index is 11.3. The van der Waals surface area contributed by atoms with Crippen LogP contribution in [-0.4, -0.2) is 12.5 Å². The molecule has 3 nitrogen and oxygen atoms in total. The molecule has 1 amide bonds. The number of hydrogen-bond donors (Lipinski definition) is 0. The number of hydrogen-bond acceptors (Lipinski definition) is 2. The van der Waals surface area contributed by atoms with Gasteiger partial charge in [-0.3, -0.25) is 0 Å². The molecule has 0 aliphatic carbocycles. The summed E-state index contributed by atoms with van der Waals surface area (Å²) in [6.07, 6.45) is 3.44. The van der Waals surface area contributed by atoms with Crippen molar-refractivity contribution >= 4 is 21.8 Å². The third-order valence-electron chi connectivity index (χ3n) is 1.58. The van der Waals surface area contributed by atoms with E-state index in [0.29, 0.717) is 11.0 Å². The van der Waals surface area contributed by atoms with Crippen LogP contribution in [0.25, 0.3) is 5.32 Å². The van der Waals surface area contributed by atoms with Crippen LogP contribution in [0.2, 0.25) is 0 Å². The van der Waals surface area contributed by atoms with Gasteiger partial charge in [-0.1, -0.05) is 19.8 Å². The van der Waals surface area contributed by atoms with Gasteiger partial charge < -0.3 is 14.5 Å². The summed E-state index contributed by atoms with van der Waals surface area (Å²) in [7, 11) is 0. The zero-order valence-electron chi connectivity index (χ0n) is 8.00. The first kappa shape index (κ1) is 14.3. The monoisotopic (exact) mass is 333 g/mol. The van der Waals surface area contributed by atoms with E-state index >= 15 is 0 Å². The molecule has 0 unspecified atom stereocenters. The summed E-state index contributed by atoms with van der Waals surface area (Å²) in [5.41, 5.74) is 0. The van der Waals surface area contributed by atoms with Crippen LogP contribution in [0, 0.1) is 0 Å². The number of rotatable bonds is 4. The molecule has 1 radical (unpaired) electrons. The quantitative estimate of drug-likeness (QED) is 0.793. The average Bonchev–Trinajstić information content (AvgIpc) is 2.52. The third kappa shape index (κ3) is 4.24. The summed E-state index contributed by atoms with van der Waals surface area (Å²) in [6, 6.07) is 1.68. The van der Waals surface area contributed by atoms with Crippen LogP contribution in [0.15, 0.2) is 21.2 Å². The fourth-order valence-electron chi connectivity index (χ4n) is 0.857. The zero-order chi connectivity index (χ0) is 9.68. The number of unbranched alkanes of at least 4 members (excludes halogenated alkanes) is 1. The van der Waals surface area contributed by atoms with Gasteiger partial charge in [-0.25, -0.2) is 0 Å². The molecule has 0 aromatic carbocycles. The molecule has 5 heteroatoms. The predicted octanol–water partition coefficient (Wildman–Crippen LogP) is 3.35. The summed E-state index contributed by atoms with van der Waals surface area (Å²) >= 11 is 3.20. The Kier molecular flexibility index (Phi) is 7.78. The molecular weight excluding hydrogens is 323 g/mol. The maximum Gasteiger partial charge on any atom is 0.165 e. The number of carbonyl (C=O) groups is 1. The maximum atomic E-state index is 11.3. The molecule has 0 N–H and O–H groups in total. The van der Waals surface area contributed by atoms with Gasteiger partial charge in [-0.2, -0.15) is 0 Å². The van der Waals surface area contributed by atoms with E-state index in [1.54, 1.807) is 6.07 Å². The molecule has 75 valence electrons. The number of carbonyl (C=O) groups excluding carboxylic acids is 1. The SMILES string of the molecule is CCCC[N-]C(=O)c1occc1Br.[Y]. The molecule has 1 heterocycles. The van der Waals surface area contributed by atoms with Crippen molar-refractivity contribution in [1.82, 2.24) is 0 Å². The van der Waals surface area contributed by atoms with E-state index in [0.717, 1.165) is 12.8 Å². The molecule has 0 bridgehead atoms. The molecule has 0 aliphatic heterocycles. The largest absolute Gasteiger partial charge is 0.646 e. The van der Waals surface area contributed by atoms with Crippen LogP contribution in [-0.2, 0) is 32.7 Å². The van der Waals surface area contributed by atoms with Gasteiger partial charge in [0, 0.05) is 32.7 Å². The Bertz CT molecular complexity index is 288. The van der Waals surface area contributed by atoms with Gasteiger partial charge in [0.05, 0.1) is 10.7 Å². The van der Waals surface area contributed by atoms with E-state index in [2.05, 4.69) is 28.2 Å². The topological polar surface area (TPSA) is 44.3 Å². The first-order chi connectivity index (χ1) is 6.25. The van der Waals surface area contributed by atoms with Gasteiger partial charge in [-0.15, -0.1) is 6.54 Å². The van der Waals surface area contributed by atoms with Crippen LogP contribution in [0.4, 0.5) is 0 Å². The summed E-state index contributed by atoms with van der Waals surface area (Å²) in [5.74, 6) is 0.00132. The van der Waals surface area contributed by atoms with E-state index in [4.69, 9.17) is 4.42 Å². The molecule has 1 rings (SSSR count). The summed E-state index contributed by atoms with van der Waals surface area (Å²) in [4.78, 5) is 11.3. The second-order valence-corrected chi connectivity index (χ2v) is 3.49. The van der Waals surface area contributed by atoms with Crippen molar-refractivity contribution in [3.8, 4) is 0 Å². The van der Waals surface area contributed by atoms with Crippen LogP contribution in [0.3, 0.4) is 0 Å². The van der Waals surface area contributed by atoms with Crippen LogP contribution < -0.4 is 0 Å². The molecule has 1 aromatic rings. The fraction of sp³-hybridized carbons (Fsp3) is 0.444. The molecule has 0 fully saturated rings. The summed E-state index contributed by atoms with van der Waals surface area (Å²) in [6.45, 7) is 2.63. The number of furan rings is 1. The van der Waals surface area contributed by atoms with Crippen molar-refractivity contribution < 1.29 is 41.9 Å². The first-order valence-corrected chi connectivity index (χ1v) is 4.99. The van der Waals surface area contributed by atoms with Crippen LogP contribution in [0.1, 0.15) is 30.3 Å². The molecule has 0 spiro atoms. The van der Waals surface area contributed by atoms with Crippen molar-refractivity contribution in [2.75, 3.05) is 6.54 Å². The first-order valence-electron chi connectivity index (χ1n) is 4.20. The zero-order valence-corrected chi connectivity index (χ0v) is 12.4. The summed E-state index contributed by atoms with van der Waals surface area (Å²) in [5, 5.41) is 3.85. The molecule has 0 saturated heterocycles. The predicted molar refractivity (Wildman–Crippen MR) is 53.9 cm³/mol. The molecule has 0 saturated carbocycles. The third-order valence-corrected chi connectivity index (χ3v) is 2.20. The Balaban J connectivity index is 0.00000169. The van der Waals surface area contributed by atoms with Crippen molar-refractivity contribution in [2.24, 2.45) is 0 Å². The minimum absolute atomic E-state index is 0. The number of halogens is 1. The Labute approximate surface area is 117 Å². The van der Waals surface area contributed by atoms with Gasteiger partial charge in [0.25, 0.3) is 0 Å². The second-order valence-electron chi connectivity index (χ2n) is 2.64. The minimum atomic E-state index is -0.287. The standard InChI is InChI=1S/C9H12BrNO2.Y/c1-2-3-5-11-9(12)8-7(10)4-6-13-8;/h4,6H,2-3,5H2,1H3,(H,11,12);/p-1. The van der Waals surface area contributed by atoms with Crippen LogP contribution in [0.5, 0.6) is 0 Å². The van der Waals surface area contributed by atoms with Gasteiger partial charge >= 0.3 is 0 Å². The van der Waals surface area contributed by atoms with E-state index in [-0.39, 0.29) is 44.4 Å². The fourth-order valence-corrected chi connectivity index (χ4v) is 1.23. The van der Waals surface area contributed by atoms with Gasteiger partial charge in [0.1, 0.15) is 5.91 Å². The van der Waals surface area contributed by atoms with Crippen molar-refractivity contribution in [3.63, 3.8) is 0 Å². The van der Waals surface area contributed by atoms with E-state index < -0.39 is 0 Å².